The highest BCUT2D eigenvalue weighted by Gasteiger charge is 2.33. The number of benzene rings is 1. The number of hydrogen-bond donors (Lipinski definition) is 1. The van der Waals surface area contributed by atoms with Crippen LogP contribution in [0, 0.1) is 17.7 Å². The number of sulfone groups is 1. The fraction of sp³-hybridized carbons (Fsp3) is 0.571. The molecule has 20 heavy (non-hydrogen) atoms. The van der Waals surface area contributed by atoms with E-state index in [0.29, 0.717) is 10.2 Å². The average molecular weight is 364 g/mol. The standard InChI is InChI=1S/C14H19BrFNO2S/c1-17-8-12(11-4-5-20(18,19)9-11)6-10-2-3-14(16)13(15)7-10/h2-3,7,11-12,17H,4-6,8-9H2,1H3. The fourth-order valence-electron chi connectivity index (χ4n) is 2.83. The Kier molecular flexibility index (Phi) is 5.20. The predicted octanol–water partition coefficient (Wildman–Crippen LogP) is 2.40. The first kappa shape index (κ1) is 15.9. The minimum absolute atomic E-state index is 0.191. The van der Waals surface area contributed by atoms with Gasteiger partial charge in [0, 0.05) is 0 Å². The van der Waals surface area contributed by atoms with Crippen LogP contribution in [0.15, 0.2) is 22.7 Å². The van der Waals surface area contributed by atoms with Gasteiger partial charge < -0.3 is 5.32 Å². The van der Waals surface area contributed by atoms with E-state index in [9.17, 15) is 12.8 Å². The van der Waals surface area contributed by atoms with Gasteiger partial charge in [0.2, 0.25) is 0 Å². The van der Waals surface area contributed by atoms with Gasteiger partial charge in [-0.3, -0.25) is 0 Å². The zero-order chi connectivity index (χ0) is 14.8. The van der Waals surface area contributed by atoms with Crippen LogP contribution >= 0.6 is 15.9 Å². The smallest absolute Gasteiger partial charge is 0.150 e. The zero-order valence-electron chi connectivity index (χ0n) is 11.4. The SMILES string of the molecule is CNCC(Cc1ccc(F)c(Br)c1)C1CCS(=O)(=O)C1. The van der Waals surface area contributed by atoms with Crippen molar-refractivity contribution in [2.75, 3.05) is 25.1 Å². The van der Waals surface area contributed by atoms with Crippen LogP contribution in [0.25, 0.3) is 0 Å². The maximum atomic E-state index is 13.2. The highest BCUT2D eigenvalue weighted by molar-refractivity contribution is 9.10. The third kappa shape index (κ3) is 4.02. The lowest BCUT2D eigenvalue weighted by molar-refractivity contribution is 0.351. The average Bonchev–Trinajstić information content (AvgIpc) is 2.74. The topological polar surface area (TPSA) is 46.2 Å². The second kappa shape index (κ2) is 6.54. The molecule has 0 radical (unpaired) electrons. The third-order valence-electron chi connectivity index (χ3n) is 3.88. The molecule has 0 aliphatic carbocycles. The van der Waals surface area contributed by atoms with E-state index in [0.717, 1.165) is 24.9 Å². The Morgan fingerprint density at radius 3 is 2.80 bits per heavy atom. The fourth-order valence-corrected chi connectivity index (χ4v) is 5.18. The molecule has 2 unspecified atom stereocenters. The molecule has 0 aromatic heterocycles. The summed E-state index contributed by atoms with van der Waals surface area (Å²) in [6.07, 6.45) is 1.50. The van der Waals surface area contributed by atoms with E-state index in [2.05, 4.69) is 21.2 Å². The Bertz CT molecular complexity index is 577. The summed E-state index contributed by atoms with van der Waals surface area (Å²) in [6.45, 7) is 0.773. The van der Waals surface area contributed by atoms with E-state index < -0.39 is 9.84 Å². The normalized spacial score (nSPS) is 22.9. The maximum absolute atomic E-state index is 13.2. The van der Waals surface area contributed by atoms with Gasteiger partial charge in [-0.15, -0.1) is 0 Å². The van der Waals surface area contributed by atoms with Gasteiger partial charge in [0.15, 0.2) is 9.84 Å². The molecule has 1 aromatic carbocycles. The van der Waals surface area contributed by atoms with Crippen LogP contribution in [-0.4, -0.2) is 33.5 Å². The maximum Gasteiger partial charge on any atom is 0.150 e. The van der Waals surface area contributed by atoms with Crippen LogP contribution in [0.1, 0.15) is 12.0 Å². The van der Waals surface area contributed by atoms with Crippen molar-refractivity contribution in [2.45, 2.75) is 12.8 Å². The molecule has 0 spiro atoms. The van der Waals surface area contributed by atoms with Gasteiger partial charge in [-0.1, -0.05) is 6.07 Å². The summed E-state index contributed by atoms with van der Waals surface area (Å²) in [7, 11) is -0.991. The molecule has 1 N–H and O–H groups in total. The van der Waals surface area contributed by atoms with Crippen LogP contribution < -0.4 is 5.32 Å². The number of hydrogen-bond acceptors (Lipinski definition) is 3. The van der Waals surface area contributed by atoms with E-state index in [-0.39, 0.29) is 23.4 Å². The van der Waals surface area contributed by atoms with Crippen molar-refractivity contribution in [3.8, 4) is 0 Å². The molecule has 1 heterocycles. The Morgan fingerprint density at radius 1 is 1.50 bits per heavy atom. The third-order valence-corrected chi connectivity index (χ3v) is 6.28. The van der Waals surface area contributed by atoms with E-state index in [1.807, 2.05) is 7.05 Å². The molecule has 0 bridgehead atoms. The summed E-state index contributed by atoms with van der Waals surface area (Å²) in [5, 5.41) is 3.14. The van der Waals surface area contributed by atoms with Crippen LogP contribution in [0.4, 0.5) is 4.39 Å². The second-order valence-electron chi connectivity index (χ2n) is 5.43. The van der Waals surface area contributed by atoms with E-state index in [1.165, 1.54) is 6.07 Å². The lowest BCUT2D eigenvalue weighted by Gasteiger charge is -2.22. The quantitative estimate of drug-likeness (QED) is 0.873. The molecule has 0 saturated carbocycles. The molecular formula is C14H19BrFNO2S. The predicted molar refractivity (Wildman–Crippen MR) is 82.0 cm³/mol. The molecule has 1 saturated heterocycles. The summed E-state index contributed by atoms with van der Waals surface area (Å²) in [6, 6.07) is 4.99. The summed E-state index contributed by atoms with van der Waals surface area (Å²) in [5.41, 5.74) is 1.03. The Labute approximate surface area is 128 Å². The van der Waals surface area contributed by atoms with Gasteiger partial charge in [-0.25, -0.2) is 12.8 Å². The van der Waals surface area contributed by atoms with Gasteiger partial charge in [0.25, 0.3) is 0 Å². The molecule has 1 aliphatic rings. The van der Waals surface area contributed by atoms with Gasteiger partial charge in [0.1, 0.15) is 5.82 Å². The zero-order valence-corrected chi connectivity index (χ0v) is 13.8. The van der Waals surface area contributed by atoms with Crippen molar-refractivity contribution in [2.24, 2.45) is 11.8 Å². The largest absolute Gasteiger partial charge is 0.319 e. The van der Waals surface area contributed by atoms with E-state index in [1.54, 1.807) is 12.1 Å². The second-order valence-corrected chi connectivity index (χ2v) is 8.52. The number of halogens is 2. The minimum atomic E-state index is -2.86. The Balaban J connectivity index is 2.11. The Hall–Kier alpha value is -0.460. The van der Waals surface area contributed by atoms with E-state index in [4.69, 9.17) is 0 Å². The summed E-state index contributed by atoms with van der Waals surface area (Å²) in [4.78, 5) is 0. The van der Waals surface area contributed by atoms with Crippen molar-refractivity contribution in [3.05, 3.63) is 34.1 Å². The first-order valence-corrected chi connectivity index (χ1v) is 9.31. The summed E-state index contributed by atoms with van der Waals surface area (Å²) < 4.78 is 37.0. The molecule has 3 nitrogen and oxygen atoms in total. The van der Waals surface area contributed by atoms with Crippen molar-refractivity contribution < 1.29 is 12.8 Å². The highest BCUT2D eigenvalue weighted by atomic mass is 79.9. The van der Waals surface area contributed by atoms with Gasteiger partial charge in [0.05, 0.1) is 16.0 Å². The van der Waals surface area contributed by atoms with Crippen molar-refractivity contribution >= 4 is 25.8 Å². The summed E-state index contributed by atoms with van der Waals surface area (Å²) >= 11 is 3.19. The lowest BCUT2D eigenvalue weighted by atomic mass is 9.86. The van der Waals surface area contributed by atoms with Crippen LogP contribution in [-0.2, 0) is 16.3 Å². The van der Waals surface area contributed by atoms with Crippen molar-refractivity contribution in [3.63, 3.8) is 0 Å². The molecule has 2 atom stereocenters. The monoisotopic (exact) mass is 363 g/mol. The van der Waals surface area contributed by atoms with Crippen molar-refractivity contribution in [1.82, 2.24) is 5.32 Å². The lowest BCUT2D eigenvalue weighted by Crippen LogP contribution is -2.28. The van der Waals surface area contributed by atoms with Crippen LogP contribution in [0.2, 0.25) is 0 Å². The molecule has 0 amide bonds. The first-order valence-electron chi connectivity index (χ1n) is 6.70. The molecule has 2 rings (SSSR count). The number of rotatable bonds is 5. The van der Waals surface area contributed by atoms with Crippen LogP contribution in [0.3, 0.4) is 0 Å². The molecule has 6 heteroatoms. The molecule has 112 valence electrons. The molecule has 1 aliphatic heterocycles. The van der Waals surface area contributed by atoms with Crippen LogP contribution in [0.5, 0.6) is 0 Å². The Morgan fingerprint density at radius 2 is 2.25 bits per heavy atom. The molecular weight excluding hydrogens is 345 g/mol. The molecule has 1 aromatic rings. The molecule has 1 fully saturated rings. The van der Waals surface area contributed by atoms with E-state index >= 15 is 0 Å². The van der Waals surface area contributed by atoms with Gasteiger partial charge in [-0.2, -0.15) is 0 Å². The highest BCUT2D eigenvalue weighted by Crippen LogP contribution is 2.29. The number of nitrogens with one attached hydrogen (secondary N) is 1. The first-order chi connectivity index (χ1) is 9.41. The minimum Gasteiger partial charge on any atom is -0.319 e. The summed E-state index contributed by atoms with van der Waals surface area (Å²) in [5.74, 6) is 0.750. The van der Waals surface area contributed by atoms with Gasteiger partial charge >= 0.3 is 0 Å². The van der Waals surface area contributed by atoms with Gasteiger partial charge in [-0.05, 0) is 71.9 Å². The van der Waals surface area contributed by atoms with Crippen molar-refractivity contribution in [1.29, 1.82) is 0 Å².